The lowest BCUT2D eigenvalue weighted by Gasteiger charge is -2.27. The van der Waals surface area contributed by atoms with Crippen molar-refractivity contribution in [3.05, 3.63) is 94.0 Å². The Morgan fingerprint density at radius 3 is 2.55 bits per heavy atom. The van der Waals surface area contributed by atoms with Crippen molar-refractivity contribution in [2.75, 3.05) is 41.9 Å². The molecule has 5 rings (SSSR count). The molecule has 9 nitrogen and oxygen atoms in total. The van der Waals surface area contributed by atoms with Crippen LogP contribution in [0.2, 0.25) is 10.0 Å². The third-order valence-corrected chi connectivity index (χ3v) is 6.18. The molecule has 0 unspecified atom stereocenters. The zero-order valence-corrected chi connectivity index (χ0v) is 21.9. The molecule has 1 aliphatic rings. The van der Waals surface area contributed by atoms with E-state index in [1.165, 1.54) is 0 Å². The molecule has 0 spiro atoms. The van der Waals surface area contributed by atoms with E-state index in [1.807, 2.05) is 60.7 Å². The van der Waals surface area contributed by atoms with E-state index in [0.717, 1.165) is 16.8 Å². The molecule has 1 fully saturated rings. The van der Waals surface area contributed by atoms with Crippen LogP contribution >= 0.6 is 23.2 Å². The fourth-order valence-corrected chi connectivity index (χ4v) is 4.14. The SMILES string of the molecule is Clc1ccc(COc2cccc(/C=N/Nc3nc(Nc4ccccc4)nc(N4CCOCC4)n3)c2)c(Cl)c1. The van der Waals surface area contributed by atoms with Crippen LogP contribution in [0.1, 0.15) is 11.1 Å². The first-order valence-corrected chi connectivity index (χ1v) is 12.7. The maximum absolute atomic E-state index is 6.25. The number of anilines is 4. The fraction of sp³-hybridized carbons (Fsp3) is 0.185. The summed E-state index contributed by atoms with van der Waals surface area (Å²) in [4.78, 5) is 15.7. The highest BCUT2D eigenvalue weighted by molar-refractivity contribution is 6.35. The van der Waals surface area contributed by atoms with Crippen molar-refractivity contribution in [3.63, 3.8) is 0 Å². The number of morpholine rings is 1. The number of halogens is 2. The van der Waals surface area contributed by atoms with Gasteiger partial charge < -0.3 is 19.7 Å². The summed E-state index contributed by atoms with van der Waals surface area (Å²) in [6.07, 6.45) is 1.67. The summed E-state index contributed by atoms with van der Waals surface area (Å²) < 4.78 is 11.4. The molecule has 2 heterocycles. The maximum Gasteiger partial charge on any atom is 0.250 e. The van der Waals surface area contributed by atoms with E-state index in [-0.39, 0.29) is 0 Å². The van der Waals surface area contributed by atoms with Crippen molar-refractivity contribution in [1.82, 2.24) is 15.0 Å². The Labute approximate surface area is 230 Å². The lowest BCUT2D eigenvalue weighted by Crippen LogP contribution is -2.37. The Bertz CT molecular complexity index is 1400. The Morgan fingerprint density at radius 1 is 0.921 bits per heavy atom. The van der Waals surface area contributed by atoms with Crippen LogP contribution in [0.15, 0.2) is 77.9 Å². The molecule has 2 N–H and O–H groups in total. The van der Waals surface area contributed by atoms with Crippen LogP contribution in [0.25, 0.3) is 0 Å². The second-order valence-corrected chi connectivity index (χ2v) is 9.18. The first kappa shape index (κ1) is 25.7. The van der Waals surface area contributed by atoms with Crippen molar-refractivity contribution < 1.29 is 9.47 Å². The molecule has 1 aliphatic heterocycles. The molecule has 1 aromatic heterocycles. The van der Waals surface area contributed by atoms with Gasteiger partial charge in [0.25, 0.3) is 0 Å². The van der Waals surface area contributed by atoms with Crippen molar-refractivity contribution in [2.45, 2.75) is 6.61 Å². The van der Waals surface area contributed by atoms with Gasteiger partial charge in [-0.3, -0.25) is 0 Å². The van der Waals surface area contributed by atoms with Gasteiger partial charge in [-0.1, -0.05) is 59.6 Å². The van der Waals surface area contributed by atoms with Crippen LogP contribution < -0.4 is 20.4 Å². The quantitative estimate of drug-likeness (QED) is 0.200. The van der Waals surface area contributed by atoms with Crippen molar-refractivity contribution >= 4 is 52.9 Å². The van der Waals surface area contributed by atoms with Gasteiger partial charge in [-0.05, 0) is 42.0 Å². The monoisotopic (exact) mass is 549 g/mol. The van der Waals surface area contributed by atoms with Crippen molar-refractivity contribution in [1.29, 1.82) is 0 Å². The van der Waals surface area contributed by atoms with Gasteiger partial charge >= 0.3 is 0 Å². The summed E-state index contributed by atoms with van der Waals surface area (Å²) >= 11 is 12.2. The third kappa shape index (κ3) is 7.10. The zero-order chi connectivity index (χ0) is 26.2. The summed E-state index contributed by atoms with van der Waals surface area (Å²) in [5, 5.41) is 8.72. The van der Waals surface area contributed by atoms with E-state index in [4.69, 9.17) is 32.7 Å². The van der Waals surface area contributed by atoms with Gasteiger partial charge in [0.05, 0.1) is 19.4 Å². The van der Waals surface area contributed by atoms with E-state index in [1.54, 1.807) is 18.3 Å². The fourth-order valence-electron chi connectivity index (χ4n) is 3.68. The summed E-state index contributed by atoms with van der Waals surface area (Å²) in [6, 6.07) is 22.6. The molecule has 0 bridgehead atoms. The first-order valence-electron chi connectivity index (χ1n) is 12.0. The largest absolute Gasteiger partial charge is 0.489 e. The smallest absolute Gasteiger partial charge is 0.250 e. The van der Waals surface area contributed by atoms with Crippen LogP contribution in [0, 0.1) is 0 Å². The van der Waals surface area contributed by atoms with E-state index in [2.05, 4.69) is 35.7 Å². The number of ether oxygens (including phenoxy) is 2. The number of benzene rings is 3. The third-order valence-electron chi connectivity index (χ3n) is 5.59. The molecule has 0 saturated carbocycles. The minimum absolute atomic E-state index is 0.320. The second-order valence-electron chi connectivity index (χ2n) is 8.34. The second kappa shape index (κ2) is 12.6. The van der Waals surface area contributed by atoms with E-state index in [0.29, 0.717) is 66.5 Å². The highest BCUT2D eigenvalue weighted by Crippen LogP contribution is 2.23. The number of rotatable bonds is 9. The first-order chi connectivity index (χ1) is 18.6. The Balaban J connectivity index is 1.28. The van der Waals surface area contributed by atoms with Crippen LogP contribution in [0.3, 0.4) is 0 Å². The van der Waals surface area contributed by atoms with Gasteiger partial charge in [-0.15, -0.1) is 0 Å². The number of nitrogens with zero attached hydrogens (tertiary/aromatic N) is 5. The normalized spacial score (nSPS) is 13.5. The highest BCUT2D eigenvalue weighted by atomic mass is 35.5. The standard InChI is InChI=1S/C27H25Cl2N7O2/c28-21-10-9-20(24(29)16-21)18-38-23-8-4-5-19(15-23)17-30-35-26-32-25(31-22-6-2-1-3-7-22)33-27(34-26)36-11-13-37-14-12-36/h1-10,15-17H,11-14,18H2,(H2,31,32,33,34,35)/b30-17+. The van der Waals surface area contributed by atoms with Crippen molar-refractivity contribution in [2.24, 2.45) is 5.10 Å². The molecule has 3 aromatic carbocycles. The lowest BCUT2D eigenvalue weighted by atomic mass is 10.2. The number of para-hydroxylation sites is 1. The number of hydrazone groups is 1. The predicted molar refractivity (Wildman–Crippen MR) is 151 cm³/mol. The predicted octanol–water partition coefficient (Wildman–Crippen LogP) is 5.78. The molecular formula is C27H25Cl2N7O2. The molecule has 194 valence electrons. The molecule has 11 heteroatoms. The molecule has 1 saturated heterocycles. The molecule has 0 radical (unpaired) electrons. The van der Waals surface area contributed by atoms with Gasteiger partial charge in [-0.25, -0.2) is 5.43 Å². The van der Waals surface area contributed by atoms with Gasteiger partial charge in [0.15, 0.2) is 0 Å². The topological polar surface area (TPSA) is 96.8 Å². The average molecular weight is 550 g/mol. The number of aromatic nitrogens is 3. The van der Waals surface area contributed by atoms with Crippen LogP contribution in [-0.2, 0) is 11.3 Å². The molecular weight excluding hydrogens is 525 g/mol. The summed E-state index contributed by atoms with van der Waals surface area (Å²) in [5.74, 6) is 1.97. The molecule has 0 aliphatic carbocycles. The Kier molecular flexibility index (Phi) is 8.49. The molecule has 0 amide bonds. The molecule has 38 heavy (non-hydrogen) atoms. The van der Waals surface area contributed by atoms with Crippen molar-refractivity contribution in [3.8, 4) is 5.75 Å². The average Bonchev–Trinajstić information content (AvgIpc) is 2.94. The summed E-state index contributed by atoms with van der Waals surface area (Å²) in [6.45, 7) is 2.96. The summed E-state index contributed by atoms with van der Waals surface area (Å²) in [7, 11) is 0. The lowest BCUT2D eigenvalue weighted by molar-refractivity contribution is 0.122. The number of hydrogen-bond acceptors (Lipinski definition) is 9. The number of hydrogen-bond donors (Lipinski definition) is 2. The van der Waals surface area contributed by atoms with Crippen LogP contribution in [0.5, 0.6) is 5.75 Å². The van der Waals surface area contributed by atoms with Crippen LogP contribution in [0.4, 0.5) is 23.5 Å². The van der Waals surface area contributed by atoms with Gasteiger partial charge in [0, 0.05) is 34.4 Å². The van der Waals surface area contributed by atoms with Gasteiger partial charge in [0.2, 0.25) is 17.8 Å². The van der Waals surface area contributed by atoms with Gasteiger partial charge in [0.1, 0.15) is 12.4 Å². The minimum Gasteiger partial charge on any atom is -0.489 e. The summed E-state index contributed by atoms with van der Waals surface area (Å²) in [5.41, 5.74) is 5.49. The van der Waals surface area contributed by atoms with E-state index < -0.39 is 0 Å². The maximum atomic E-state index is 6.25. The molecule has 4 aromatic rings. The van der Waals surface area contributed by atoms with E-state index in [9.17, 15) is 0 Å². The van der Waals surface area contributed by atoms with Crippen LogP contribution in [-0.4, -0.2) is 47.5 Å². The zero-order valence-electron chi connectivity index (χ0n) is 20.3. The van der Waals surface area contributed by atoms with E-state index >= 15 is 0 Å². The highest BCUT2D eigenvalue weighted by Gasteiger charge is 2.16. The number of nitrogens with one attached hydrogen (secondary N) is 2. The van der Waals surface area contributed by atoms with Gasteiger partial charge in [-0.2, -0.15) is 20.1 Å². The minimum atomic E-state index is 0.320. The Hall–Kier alpha value is -3.92. The molecule has 0 atom stereocenters. The Morgan fingerprint density at radius 2 is 1.74 bits per heavy atom.